The third-order valence-electron chi connectivity index (χ3n) is 6.35. The Bertz CT molecular complexity index is 699. The highest BCUT2D eigenvalue weighted by Gasteiger charge is 2.36. The third kappa shape index (κ3) is 4.22. The molecule has 3 saturated heterocycles. The maximum absolute atomic E-state index is 13.2. The van der Waals surface area contributed by atoms with Crippen LogP contribution in [0, 0.1) is 5.92 Å². The number of amides is 2. The summed E-state index contributed by atoms with van der Waals surface area (Å²) in [4.78, 5) is 29.7. The third-order valence-corrected chi connectivity index (χ3v) is 6.35. The van der Waals surface area contributed by atoms with E-state index in [1.807, 2.05) is 18.1 Å². The smallest absolute Gasteiger partial charge is 0.244 e. The molecule has 8 heteroatoms. The van der Waals surface area contributed by atoms with Crippen LogP contribution in [0.5, 0.6) is 0 Å². The van der Waals surface area contributed by atoms with E-state index in [1.54, 1.807) is 10.9 Å². The zero-order valence-electron chi connectivity index (χ0n) is 16.8. The minimum Gasteiger partial charge on any atom is -0.354 e. The van der Waals surface area contributed by atoms with Gasteiger partial charge in [0.05, 0.1) is 24.0 Å². The number of aromatic nitrogens is 2. The Morgan fingerprint density at radius 1 is 1.25 bits per heavy atom. The van der Waals surface area contributed by atoms with Crippen LogP contribution in [0.25, 0.3) is 0 Å². The number of nitrogens with one attached hydrogen (secondary N) is 2. The molecule has 0 saturated carbocycles. The van der Waals surface area contributed by atoms with Gasteiger partial charge in [-0.15, -0.1) is 0 Å². The van der Waals surface area contributed by atoms with Crippen LogP contribution >= 0.6 is 0 Å². The Morgan fingerprint density at radius 2 is 2.11 bits per heavy atom. The Kier molecular flexibility index (Phi) is 5.96. The maximum atomic E-state index is 13.2. The molecule has 0 spiro atoms. The topological polar surface area (TPSA) is 82.5 Å². The Hall–Kier alpha value is -1.93. The Balaban J connectivity index is 1.33. The molecule has 4 rings (SSSR count). The van der Waals surface area contributed by atoms with Gasteiger partial charge >= 0.3 is 0 Å². The lowest BCUT2D eigenvalue weighted by Crippen LogP contribution is -2.55. The van der Waals surface area contributed by atoms with Gasteiger partial charge in [0.15, 0.2) is 0 Å². The quantitative estimate of drug-likeness (QED) is 0.767. The summed E-state index contributed by atoms with van der Waals surface area (Å²) >= 11 is 0. The predicted molar refractivity (Wildman–Crippen MR) is 107 cm³/mol. The van der Waals surface area contributed by atoms with Crippen molar-refractivity contribution in [1.82, 2.24) is 25.3 Å². The van der Waals surface area contributed by atoms with Crippen LogP contribution < -0.4 is 15.5 Å². The largest absolute Gasteiger partial charge is 0.354 e. The molecule has 0 aliphatic carbocycles. The molecule has 2 amide bonds. The first-order valence-corrected chi connectivity index (χ1v) is 10.7. The van der Waals surface area contributed by atoms with Gasteiger partial charge in [-0.1, -0.05) is 0 Å². The predicted octanol–water partition coefficient (Wildman–Crippen LogP) is 0.496. The number of hydrogen-bond donors (Lipinski definition) is 2. The molecule has 8 nitrogen and oxygen atoms in total. The first-order chi connectivity index (χ1) is 13.6. The van der Waals surface area contributed by atoms with Crippen molar-refractivity contribution in [2.75, 3.05) is 37.6 Å². The monoisotopic (exact) mass is 388 g/mol. The van der Waals surface area contributed by atoms with Crippen LogP contribution in [0.1, 0.15) is 38.5 Å². The molecule has 3 aliphatic heterocycles. The summed E-state index contributed by atoms with van der Waals surface area (Å²) in [5, 5.41) is 10.6. The van der Waals surface area contributed by atoms with Gasteiger partial charge < -0.3 is 15.5 Å². The molecule has 0 radical (unpaired) electrons. The van der Waals surface area contributed by atoms with Crippen molar-refractivity contribution in [1.29, 1.82) is 0 Å². The highest BCUT2D eigenvalue weighted by Crippen LogP contribution is 2.26. The van der Waals surface area contributed by atoms with Crippen molar-refractivity contribution >= 4 is 17.5 Å². The molecular formula is C20H32N6O2. The van der Waals surface area contributed by atoms with Gasteiger partial charge in [-0.25, -0.2) is 0 Å². The number of anilines is 1. The Labute approximate surface area is 166 Å². The molecule has 1 aromatic rings. The average Bonchev–Trinajstić information content (AvgIpc) is 3.38. The molecule has 3 aliphatic rings. The van der Waals surface area contributed by atoms with E-state index in [2.05, 4.69) is 20.6 Å². The molecule has 3 unspecified atom stereocenters. The zero-order valence-corrected chi connectivity index (χ0v) is 16.8. The lowest BCUT2D eigenvalue weighted by atomic mass is 9.93. The van der Waals surface area contributed by atoms with E-state index >= 15 is 0 Å². The van der Waals surface area contributed by atoms with Crippen molar-refractivity contribution in [3.8, 4) is 0 Å². The summed E-state index contributed by atoms with van der Waals surface area (Å²) in [6.07, 6.45) is 9.81. The van der Waals surface area contributed by atoms with Crippen molar-refractivity contribution in [3.05, 3.63) is 12.4 Å². The number of rotatable bonds is 5. The average molecular weight is 389 g/mol. The van der Waals surface area contributed by atoms with E-state index in [1.165, 1.54) is 0 Å². The fourth-order valence-corrected chi connectivity index (χ4v) is 4.82. The number of hydrogen-bond acceptors (Lipinski definition) is 5. The summed E-state index contributed by atoms with van der Waals surface area (Å²) in [5.41, 5.74) is 0.891. The summed E-state index contributed by atoms with van der Waals surface area (Å²) in [6, 6.07) is -0.0726. The van der Waals surface area contributed by atoms with Crippen molar-refractivity contribution in [2.45, 2.75) is 50.6 Å². The van der Waals surface area contributed by atoms with Gasteiger partial charge in [0.1, 0.15) is 0 Å². The molecule has 28 heavy (non-hydrogen) atoms. The molecule has 0 bridgehead atoms. The molecule has 1 aromatic heterocycles. The van der Waals surface area contributed by atoms with Crippen LogP contribution in [0.15, 0.2) is 12.4 Å². The van der Waals surface area contributed by atoms with Crippen LogP contribution in [0.4, 0.5) is 5.69 Å². The lowest BCUT2D eigenvalue weighted by Gasteiger charge is -2.41. The second kappa shape index (κ2) is 8.61. The van der Waals surface area contributed by atoms with Gasteiger partial charge in [-0.2, -0.15) is 5.10 Å². The highest BCUT2D eigenvalue weighted by molar-refractivity contribution is 5.97. The maximum Gasteiger partial charge on any atom is 0.244 e. The molecule has 2 N–H and O–H groups in total. The number of carbonyl (C=O) groups excluding carboxylic acids is 2. The van der Waals surface area contributed by atoms with E-state index < -0.39 is 0 Å². The van der Waals surface area contributed by atoms with E-state index in [0.29, 0.717) is 12.5 Å². The molecule has 0 aromatic carbocycles. The van der Waals surface area contributed by atoms with Crippen LogP contribution in [0.2, 0.25) is 0 Å². The van der Waals surface area contributed by atoms with Gasteiger partial charge in [0, 0.05) is 32.9 Å². The van der Waals surface area contributed by atoms with Crippen LogP contribution in [-0.4, -0.2) is 71.3 Å². The van der Waals surface area contributed by atoms with Crippen molar-refractivity contribution in [3.63, 3.8) is 0 Å². The van der Waals surface area contributed by atoms with E-state index in [9.17, 15) is 9.59 Å². The Morgan fingerprint density at radius 3 is 2.86 bits per heavy atom. The molecule has 4 heterocycles. The highest BCUT2D eigenvalue weighted by atomic mass is 16.2. The first kappa shape index (κ1) is 19.4. The van der Waals surface area contributed by atoms with Gasteiger partial charge in [-0.3, -0.25) is 19.2 Å². The fraction of sp³-hybridized carbons (Fsp3) is 0.750. The first-order valence-electron chi connectivity index (χ1n) is 10.7. The fourth-order valence-electron chi connectivity index (χ4n) is 4.82. The molecule has 3 atom stereocenters. The summed E-state index contributed by atoms with van der Waals surface area (Å²) < 4.78 is 1.74. The number of likely N-dealkylation sites (tertiary alicyclic amines) is 1. The molecule has 154 valence electrons. The van der Waals surface area contributed by atoms with Gasteiger partial charge in [0.2, 0.25) is 11.8 Å². The minimum absolute atomic E-state index is 0.0207. The van der Waals surface area contributed by atoms with Crippen LogP contribution in [0.3, 0.4) is 0 Å². The standard InChI is InChI=1S/C20H32N6O2/c1-24-14-16(12-23-24)26-10-4-7-18(20(26)28)25-9-3-5-15(13-25)11-22-19(27)17-6-2-8-21-17/h12,14-15,17-18,21H,2-11,13H2,1H3,(H,22,27). The normalized spacial score (nSPS) is 29.2. The summed E-state index contributed by atoms with van der Waals surface area (Å²) in [6.45, 7) is 4.26. The van der Waals surface area contributed by atoms with Crippen molar-refractivity contribution in [2.24, 2.45) is 13.0 Å². The van der Waals surface area contributed by atoms with Gasteiger partial charge in [0.25, 0.3) is 0 Å². The summed E-state index contributed by atoms with van der Waals surface area (Å²) in [7, 11) is 1.88. The van der Waals surface area contributed by atoms with Crippen molar-refractivity contribution < 1.29 is 9.59 Å². The second-order valence-corrected chi connectivity index (χ2v) is 8.42. The van der Waals surface area contributed by atoms with E-state index in [4.69, 9.17) is 0 Å². The SMILES string of the molecule is Cn1cc(N2CCCC(N3CCCC(CNC(=O)C4CCCN4)C3)C2=O)cn1. The van der Waals surface area contributed by atoms with E-state index in [0.717, 1.165) is 70.4 Å². The minimum atomic E-state index is -0.0519. The van der Waals surface area contributed by atoms with Crippen LogP contribution in [-0.2, 0) is 16.6 Å². The second-order valence-electron chi connectivity index (χ2n) is 8.42. The number of piperidine rings is 2. The number of carbonyl (C=O) groups is 2. The zero-order chi connectivity index (χ0) is 19.5. The van der Waals surface area contributed by atoms with E-state index in [-0.39, 0.29) is 23.9 Å². The number of aryl methyl sites for hydroxylation is 1. The lowest BCUT2D eigenvalue weighted by molar-refractivity contribution is -0.127. The van der Waals surface area contributed by atoms with Gasteiger partial charge in [-0.05, 0) is 57.5 Å². The number of nitrogens with zero attached hydrogens (tertiary/aromatic N) is 4. The molecule has 3 fully saturated rings. The molecular weight excluding hydrogens is 356 g/mol. The summed E-state index contributed by atoms with van der Waals surface area (Å²) in [5.74, 6) is 0.742.